The molecule has 0 radical (unpaired) electrons. The molecule has 0 unspecified atom stereocenters. The van der Waals surface area contributed by atoms with Gasteiger partial charge in [-0.25, -0.2) is 0 Å². The summed E-state index contributed by atoms with van der Waals surface area (Å²) in [5.41, 5.74) is 0.405. The van der Waals surface area contributed by atoms with Crippen molar-refractivity contribution in [3.8, 4) is 0 Å². The fraction of sp³-hybridized carbons (Fsp3) is 0.833. The van der Waals surface area contributed by atoms with Gasteiger partial charge in [0.15, 0.2) is 0 Å². The van der Waals surface area contributed by atoms with Crippen LogP contribution in [0.15, 0.2) is 12.2 Å². The summed E-state index contributed by atoms with van der Waals surface area (Å²) >= 11 is 0. The van der Waals surface area contributed by atoms with E-state index in [2.05, 4.69) is 37.8 Å². The van der Waals surface area contributed by atoms with Gasteiger partial charge in [-0.15, -0.1) is 0 Å². The van der Waals surface area contributed by atoms with Crippen molar-refractivity contribution in [3.63, 3.8) is 0 Å². The lowest BCUT2D eigenvalue weighted by atomic mass is 9.71. The van der Waals surface area contributed by atoms with Crippen molar-refractivity contribution in [1.82, 2.24) is 4.90 Å². The standard InChI is InChI=1S/C18H31NO/c1-4-16(15(2)3)13-17(20)19-12-8-11-18(14-19)9-6-5-7-10-18/h5-6,15-16H,4,7-14H2,1-3H3/t16-,18+/m1/s1. The Hall–Kier alpha value is -0.790. The zero-order valence-electron chi connectivity index (χ0n) is 13.5. The van der Waals surface area contributed by atoms with E-state index >= 15 is 0 Å². The molecular formula is C18H31NO. The maximum absolute atomic E-state index is 12.6. The van der Waals surface area contributed by atoms with E-state index in [-0.39, 0.29) is 0 Å². The molecule has 1 fully saturated rings. The lowest BCUT2D eigenvalue weighted by molar-refractivity contribution is -0.136. The summed E-state index contributed by atoms with van der Waals surface area (Å²) in [6, 6.07) is 0. The summed E-state index contributed by atoms with van der Waals surface area (Å²) in [7, 11) is 0. The molecule has 1 amide bonds. The van der Waals surface area contributed by atoms with E-state index in [4.69, 9.17) is 0 Å². The van der Waals surface area contributed by atoms with Crippen LogP contribution in [0.3, 0.4) is 0 Å². The van der Waals surface area contributed by atoms with Crippen LogP contribution in [0.2, 0.25) is 0 Å². The van der Waals surface area contributed by atoms with Crippen LogP contribution < -0.4 is 0 Å². The number of piperidine rings is 1. The van der Waals surface area contributed by atoms with E-state index in [0.717, 1.165) is 25.9 Å². The van der Waals surface area contributed by atoms with Crippen LogP contribution >= 0.6 is 0 Å². The monoisotopic (exact) mass is 277 g/mol. The van der Waals surface area contributed by atoms with E-state index in [0.29, 0.717) is 23.2 Å². The van der Waals surface area contributed by atoms with Gasteiger partial charge < -0.3 is 4.90 Å². The van der Waals surface area contributed by atoms with Crippen LogP contribution in [-0.2, 0) is 4.79 Å². The molecule has 1 aliphatic heterocycles. The molecule has 0 saturated carbocycles. The van der Waals surface area contributed by atoms with E-state index in [1.807, 2.05) is 0 Å². The van der Waals surface area contributed by atoms with Crippen molar-refractivity contribution < 1.29 is 4.79 Å². The van der Waals surface area contributed by atoms with Gasteiger partial charge in [0.25, 0.3) is 0 Å². The Balaban J connectivity index is 1.94. The van der Waals surface area contributed by atoms with Crippen molar-refractivity contribution in [3.05, 3.63) is 12.2 Å². The molecule has 2 aliphatic rings. The molecule has 0 N–H and O–H groups in total. The highest BCUT2D eigenvalue weighted by Gasteiger charge is 2.37. The highest BCUT2D eigenvalue weighted by Crippen LogP contribution is 2.41. The maximum atomic E-state index is 12.6. The molecule has 2 heteroatoms. The van der Waals surface area contributed by atoms with Crippen LogP contribution in [0.25, 0.3) is 0 Å². The van der Waals surface area contributed by atoms with Crippen LogP contribution in [0.1, 0.15) is 65.7 Å². The van der Waals surface area contributed by atoms with E-state index in [1.165, 1.54) is 32.1 Å². The van der Waals surface area contributed by atoms with Crippen LogP contribution in [0.5, 0.6) is 0 Å². The molecule has 114 valence electrons. The third kappa shape index (κ3) is 3.65. The normalized spacial score (nSPS) is 28.1. The molecule has 0 aromatic carbocycles. The summed E-state index contributed by atoms with van der Waals surface area (Å²) in [5, 5.41) is 0. The van der Waals surface area contributed by atoms with Crippen LogP contribution in [0.4, 0.5) is 0 Å². The molecule has 1 spiro atoms. The topological polar surface area (TPSA) is 20.3 Å². The Morgan fingerprint density at radius 1 is 1.30 bits per heavy atom. The summed E-state index contributed by atoms with van der Waals surface area (Å²) < 4.78 is 0. The molecule has 1 aliphatic carbocycles. The number of carbonyl (C=O) groups is 1. The molecule has 2 nitrogen and oxygen atoms in total. The predicted octanol–water partition coefficient (Wildman–Crippen LogP) is 4.41. The third-order valence-electron chi connectivity index (χ3n) is 5.48. The average molecular weight is 277 g/mol. The minimum atomic E-state index is 0.402. The van der Waals surface area contributed by atoms with Gasteiger partial charge >= 0.3 is 0 Å². The second-order valence-electron chi connectivity index (χ2n) is 7.25. The van der Waals surface area contributed by atoms with Gasteiger partial charge in [0.2, 0.25) is 5.91 Å². The molecule has 1 saturated heterocycles. The highest BCUT2D eigenvalue weighted by molar-refractivity contribution is 5.76. The highest BCUT2D eigenvalue weighted by atomic mass is 16.2. The van der Waals surface area contributed by atoms with E-state index in [9.17, 15) is 4.79 Å². The number of hydrogen-bond acceptors (Lipinski definition) is 1. The Kier molecular flexibility index (Phi) is 5.29. The Morgan fingerprint density at radius 3 is 2.70 bits per heavy atom. The summed E-state index contributed by atoms with van der Waals surface area (Å²) in [5.74, 6) is 1.56. The molecule has 1 heterocycles. The summed E-state index contributed by atoms with van der Waals surface area (Å²) in [6.07, 6.45) is 12.7. The minimum absolute atomic E-state index is 0.402. The summed E-state index contributed by atoms with van der Waals surface area (Å²) in [4.78, 5) is 14.8. The smallest absolute Gasteiger partial charge is 0.222 e. The van der Waals surface area contributed by atoms with Crippen molar-refractivity contribution in [2.75, 3.05) is 13.1 Å². The van der Waals surface area contributed by atoms with Gasteiger partial charge in [0.1, 0.15) is 0 Å². The Bertz CT molecular complexity index is 360. The van der Waals surface area contributed by atoms with Gasteiger partial charge in [-0.05, 0) is 49.4 Å². The first-order valence-corrected chi connectivity index (χ1v) is 8.49. The number of likely N-dealkylation sites (tertiary alicyclic amines) is 1. The molecule has 0 bridgehead atoms. The molecule has 0 aromatic heterocycles. The van der Waals surface area contributed by atoms with Gasteiger partial charge in [-0.1, -0.05) is 39.3 Å². The van der Waals surface area contributed by atoms with Gasteiger partial charge in [0, 0.05) is 19.5 Å². The number of carbonyl (C=O) groups excluding carboxylic acids is 1. The number of allylic oxidation sites excluding steroid dienone is 2. The Morgan fingerprint density at radius 2 is 2.10 bits per heavy atom. The van der Waals surface area contributed by atoms with Crippen LogP contribution in [0, 0.1) is 17.3 Å². The fourth-order valence-electron chi connectivity index (χ4n) is 3.94. The lowest BCUT2D eigenvalue weighted by Crippen LogP contribution is -2.47. The largest absolute Gasteiger partial charge is 0.342 e. The molecule has 20 heavy (non-hydrogen) atoms. The zero-order chi connectivity index (χ0) is 14.6. The Labute approximate surface area is 124 Å². The predicted molar refractivity (Wildman–Crippen MR) is 84.5 cm³/mol. The number of nitrogens with zero attached hydrogens (tertiary/aromatic N) is 1. The molecule has 2 atom stereocenters. The fourth-order valence-corrected chi connectivity index (χ4v) is 3.94. The van der Waals surface area contributed by atoms with Crippen molar-refractivity contribution >= 4 is 5.91 Å². The van der Waals surface area contributed by atoms with Gasteiger partial charge in [-0.3, -0.25) is 4.79 Å². The van der Waals surface area contributed by atoms with Crippen LogP contribution in [-0.4, -0.2) is 23.9 Å². The second-order valence-corrected chi connectivity index (χ2v) is 7.25. The minimum Gasteiger partial charge on any atom is -0.342 e. The second kappa shape index (κ2) is 6.78. The molecule has 0 aromatic rings. The molecule has 2 rings (SSSR count). The van der Waals surface area contributed by atoms with Gasteiger partial charge in [0.05, 0.1) is 0 Å². The van der Waals surface area contributed by atoms with E-state index < -0.39 is 0 Å². The zero-order valence-corrected chi connectivity index (χ0v) is 13.5. The number of hydrogen-bond donors (Lipinski definition) is 0. The first-order chi connectivity index (χ1) is 9.56. The van der Waals surface area contributed by atoms with Crippen molar-refractivity contribution in [2.45, 2.75) is 65.7 Å². The van der Waals surface area contributed by atoms with Crippen molar-refractivity contribution in [2.24, 2.45) is 17.3 Å². The van der Waals surface area contributed by atoms with Gasteiger partial charge in [-0.2, -0.15) is 0 Å². The maximum Gasteiger partial charge on any atom is 0.222 e. The quantitative estimate of drug-likeness (QED) is 0.697. The summed E-state index contributed by atoms with van der Waals surface area (Å²) in [6.45, 7) is 8.68. The lowest BCUT2D eigenvalue weighted by Gasteiger charge is -2.44. The third-order valence-corrected chi connectivity index (χ3v) is 5.48. The first-order valence-electron chi connectivity index (χ1n) is 8.49. The average Bonchev–Trinajstić information content (AvgIpc) is 2.45. The van der Waals surface area contributed by atoms with E-state index in [1.54, 1.807) is 0 Å². The molecular weight excluding hydrogens is 246 g/mol. The van der Waals surface area contributed by atoms with Crippen molar-refractivity contribution in [1.29, 1.82) is 0 Å². The SMILES string of the molecule is CC[C@H](CC(=O)N1CCC[C@@]2(CC=CCC2)C1)C(C)C. The first kappa shape index (κ1) is 15.6. The number of rotatable bonds is 4. The number of amides is 1.